The number of allylic oxidation sites excluding steroid dienone is 13. The van der Waals surface area contributed by atoms with Gasteiger partial charge in [0, 0.05) is 12.8 Å². The number of phosphoric ester groups is 1. The minimum absolute atomic E-state index is 0.0345. The van der Waals surface area contributed by atoms with E-state index in [4.69, 9.17) is 13.8 Å². The molecule has 81 heavy (non-hydrogen) atoms. The highest BCUT2D eigenvalue weighted by Crippen LogP contribution is 2.43. The standard InChI is InChI=1S/C71H129N2O7P/c1-7-10-13-16-19-22-25-27-29-31-33-34-35-36-37-38-40-42-44-46-49-52-55-58-61-64-71(75)80-69(62-59-56-53-50-47-24-21-18-15-12-9-3)68(67-79-81(76,77)78-66-65-73(4,5)6)72-70(74)63-60-57-54-51-48-45-43-41-39-32-30-28-26-23-20-17-14-11-8-2/h19-20,22-23,27-30,33-34,39,41,59,62,68-69H,7-18,21,24-26,31-32,35-38,40,42-58,60-61,63-67H2,1-6H3,(H-,72,74,76,77)/p+1/b22-19-,23-20-,29-27-,30-28-,34-33-,41-39-,62-59-. The van der Waals surface area contributed by atoms with Gasteiger partial charge in [-0.1, -0.05) is 267 Å². The fourth-order valence-electron chi connectivity index (χ4n) is 9.54. The number of phosphoric acid groups is 1. The lowest BCUT2D eigenvalue weighted by Crippen LogP contribution is -2.47. The Morgan fingerprint density at radius 2 is 0.753 bits per heavy atom. The molecule has 0 aromatic carbocycles. The van der Waals surface area contributed by atoms with Crippen molar-refractivity contribution in [2.45, 2.75) is 315 Å². The SMILES string of the molecule is CCCCC/C=C\C/C=C\C/C=C\CCCCCCCCCCCCCCC(=O)OC(/C=C\CCCCCCCCCCC)C(COP(=O)(O)OCC[N+](C)(C)C)NC(=O)CCCCCCCC/C=C\C/C=C\C/C=C\CCCCC. The van der Waals surface area contributed by atoms with Crippen LogP contribution in [0.5, 0.6) is 0 Å². The number of quaternary nitrogens is 1. The van der Waals surface area contributed by atoms with E-state index in [0.29, 0.717) is 17.4 Å². The average molecular weight is 1150 g/mol. The summed E-state index contributed by atoms with van der Waals surface area (Å²) in [5, 5.41) is 3.06. The van der Waals surface area contributed by atoms with Crippen molar-refractivity contribution in [3.63, 3.8) is 0 Å². The third-order valence-corrected chi connectivity index (χ3v) is 15.8. The molecule has 3 atom stereocenters. The number of likely N-dealkylation sites (N-methyl/N-ethyl adjacent to an activating group) is 1. The van der Waals surface area contributed by atoms with E-state index < -0.39 is 20.0 Å². The van der Waals surface area contributed by atoms with Gasteiger partial charge in [0.1, 0.15) is 19.3 Å². The van der Waals surface area contributed by atoms with E-state index in [0.717, 1.165) is 96.3 Å². The number of esters is 1. The molecule has 0 radical (unpaired) electrons. The Morgan fingerprint density at radius 1 is 0.432 bits per heavy atom. The van der Waals surface area contributed by atoms with E-state index in [-0.39, 0.29) is 31.5 Å². The van der Waals surface area contributed by atoms with Crippen LogP contribution >= 0.6 is 7.82 Å². The number of carbonyl (C=O) groups excluding carboxylic acids is 2. The third kappa shape index (κ3) is 61.6. The fraction of sp³-hybridized carbons (Fsp3) is 0.775. The number of nitrogens with zero attached hydrogens (tertiary/aromatic N) is 1. The van der Waals surface area contributed by atoms with E-state index in [2.05, 4.69) is 99.0 Å². The van der Waals surface area contributed by atoms with Crippen LogP contribution in [0.1, 0.15) is 303 Å². The van der Waals surface area contributed by atoms with Gasteiger partial charge < -0.3 is 19.4 Å². The summed E-state index contributed by atoms with van der Waals surface area (Å²) in [5.41, 5.74) is 0. The Labute approximate surface area is 501 Å². The van der Waals surface area contributed by atoms with Crippen molar-refractivity contribution >= 4 is 19.7 Å². The van der Waals surface area contributed by atoms with Crippen molar-refractivity contribution in [3.8, 4) is 0 Å². The summed E-state index contributed by atoms with van der Waals surface area (Å²) < 4.78 is 30.8. The first kappa shape index (κ1) is 78.2. The van der Waals surface area contributed by atoms with Crippen LogP contribution < -0.4 is 5.32 Å². The van der Waals surface area contributed by atoms with Crippen molar-refractivity contribution in [1.82, 2.24) is 5.32 Å². The van der Waals surface area contributed by atoms with E-state index in [9.17, 15) is 19.0 Å². The highest BCUT2D eigenvalue weighted by Gasteiger charge is 2.30. The second-order valence-corrected chi connectivity index (χ2v) is 25.4. The predicted molar refractivity (Wildman–Crippen MR) is 351 cm³/mol. The normalized spacial score (nSPS) is 14.1. The van der Waals surface area contributed by atoms with Crippen LogP contribution in [0, 0.1) is 0 Å². The third-order valence-electron chi connectivity index (χ3n) is 14.8. The van der Waals surface area contributed by atoms with Gasteiger partial charge in [0.2, 0.25) is 5.91 Å². The number of amides is 1. The van der Waals surface area contributed by atoms with Crippen LogP contribution in [0.3, 0.4) is 0 Å². The van der Waals surface area contributed by atoms with Gasteiger partial charge in [0.25, 0.3) is 0 Å². The molecule has 3 unspecified atom stereocenters. The van der Waals surface area contributed by atoms with E-state index >= 15 is 0 Å². The molecular formula is C71H130N2O7P+. The molecule has 0 bridgehead atoms. The number of rotatable bonds is 61. The van der Waals surface area contributed by atoms with Crippen LogP contribution in [-0.2, 0) is 27.9 Å². The number of hydrogen-bond donors (Lipinski definition) is 2. The molecule has 0 aliphatic rings. The number of ether oxygens (including phenoxy) is 1. The van der Waals surface area contributed by atoms with Crippen LogP contribution in [-0.4, -0.2) is 74.3 Å². The minimum atomic E-state index is -4.46. The molecule has 0 aliphatic carbocycles. The van der Waals surface area contributed by atoms with E-state index in [1.807, 2.05) is 33.3 Å². The minimum Gasteiger partial charge on any atom is -0.456 e. The molecule has 0 heterocycles. The quantitative estimate of drug-likeness (QED) is 0.0205. The Hall–Kier alpha value is -2.81. The first-order chi connectivity index (χ1) is 39.4. The monoisotopic (exact) mass is 1150 g/mol. The molecule has 0 aliphatic heterocycles. The molecule has 0 aromatic rings. The van der Waals surface area contributed by atoms with E-state index in [1.165, 1.54) is 173 Å². The summed E-state index contributed by atoms with van der Waals surface area (Å²) in [6.45, 7) is 6.96. The van der Waals surface area contributed by atoms with Gasteiger partial charge in [-0.15, -0.1) is 0 Å². The summed E-state index contributed by atoms with van der Waals surface area (Å²) in [4.78, 5) is 37.8. The molecule has 9 nitrogen and oxygen atoms in total. The molecule has 0 fully saturated rings. The van der Waals surface area contributed by atoms with E-state index in [1.54, 1.807) is 0 Å². The zero-order chi connectivity index (χ0) is 59.3. The van der Waals surface area contributed by atoms with Crippen molar-refractivity contribution < 1.29 is 37.3 Å². The highest BCUT2D eigenvalue weighted by molar-refractivity contribution is 7.47. The fourth-order valence-corrected chi connectivity index (χ4v) is 10.3. The lowest BCUT2D eigenvalue weighted by Gasteiger charge is -2.27. The Morgan fingerprint density at radius 3 is 1.15 bits per heavy atom. The summed E-state index contributed by atoms with van der Waals surface area (Å²) in [5.74, 6) is -0.519. The first-order valence-electron chi connectivity index (χ1n) is 33.9. The first-order valence-corrected chi connectivity index (χ1v) is 35.4. The van der Waals surface area contributed by atoms with Gasteiger partial charge >= 0.3 is 13.8 Å². The maximum atomic E-state index is 13.6. The van der Waals surface area contributed by atoms with Crippen LogP contribution in [0.25, 0.3) is 0 Å². The van der Waals surface area contributed by atoms with Crippen molar-refractivity contribution in [2.24, 2.45) is 0 Å². The lowest BCUT2D eigenvalue weighted by molar-refractivity contribution is -0.870. The van der Waals surface area contributed by atoms with Crippen molar-refractivity contribution in [1.29, 1.82) is 0 Å². The van der Waals surface area contributed by atoms with Crippen LogP contribution in [0.15, 0.2) is 85.1 Å². The average Bonchev–Trinajstić information content (AvgIpc) is 3.43. The Balaban J connectivity index is 5.10. The molecular weight excluding hydrogens is 1020 g/mol. The van der Waals surface area contributed by atoms with Gasteiger partial charge in [0.15, 0.2) is 0 Å². The second kappa shape index (κ2) is 60.3. The molecule has 0 saturated carbocycles. The van der Waals surface area contributed by atoms with Crippen LogP contribution in [0.2, 0.25) is 0 Å². The molecule has 10 heteroatoms. The highest BCUT2D eigenvalue weighted by atomic mass is 31.2. The second-order valence-electron chi connectivity index (χ2n) is 24.0. The van der Waals surface area contributed by atoms with Crippen LogP contribution in [0.4, 0.5) is 0 Å². The summed E-state index contributed by atoms with van der Waals surface area (Å²) >= 11 is 0. The molecule has 1 amide bonds. The summed E-state index contributed by atoms with van der Waals surface area (Å²) in [7, 11) is 1.48. The maximum Gasteiger partial charge on any atom is 0.472 e. The number of carbonyl (C=O) groups is 2. The maximum absolute atomic E-state index is 13.6. The van der Waals surface area contributed by atoms with Gasteiger partial charge in [0.05, 0.1) is 33.8 Å². The van der Waals surface area contributed by atoms with Crippen molar-refractivity contribution in [2.75, 3.05) is 40.9 Å². The predicted octanol–water partition coefficient (Wildman–Crippen LogP) is 21.3. The molecule has 0 aromatic heterocycles. The molecule has 0 spiro atoms. The Bertz CT molecular complexity index is 1660. The number of nitrogens with one attached hydrogen (secondary N) is 1. The zero-order valence-electron chi connectivity index (χ0n) is 53.8. The van der Waals surface area contributed by atoms with Crippen molar-refractivity contribution in [3.05, 3.63) is 85.1 Å². The molecule has 0 saturated heterocycles. The molecule has 0 rings (SSSR count). The zero-order valence-corrected chi connectivity index (χ0v) is 54.7. The topological polar surface area (TPSA) is 111 Å². The van der Waals surface area contributed by atoms with Gasteiger partial charge in [-0.25, -0.2) is 4.57 Å². The summed E-state index contributed by atoms with van der Waals surface area (Å²) in [6.07, 6.45) is 80.1. The smallest absolute Gasteiger partial charge is 0.456 e. The largest absolute Gasteiger partial charge is 0.472 e. The molecule has 2 N–H and O–H groups in total. The molecule has 470 valence electrons. The van der Waals surface area contributed by atoms with Gasteiger partial charge in [-0.2, -0.15) is 0 Å². The lowest BCUT2D eigenvalue weighted by atomic mass is 10.0. The van der Waals surface area contributed by atoms with Gasteiger partial charge in [-0.3, -0.25) is 18.6 Å². The summed E-state index contributed by atoms with van der Waals surface area (Å²) in [6, 6.07) is -0.860. The number of hydrogen-bond acceptors (Lipinski definition) is 6. The van der Waals surface area contributed by atoms with Gasteiger partial charge in [-0.05, 0) is 109 Å². The Kier molecular flexibility index (Phi) is 58.2. The number of unbranched alkanes of at least 4 members (excludes halogenated alkanes) is 33.